The molecule has 9 heteroatoms. The van der Waals surface area contributed by atoms with Crippen LogP contribution in [-0.2, 0) is 22.4 Å². The summed E-state index contributed by atoms with van der Waals surface area (Å²) in [6, 6.07) is 12.5. The lowest BCUT2D eigenvalue weighted by Crippen LogP contribution is -2.60. The van der Waals surface area contributed by atoms with Crippen molar-refractivity contribution in [2.75, 3.05) is 13.2 Å². The van der Waals surface area contributed by atoms with Crippen molar-refractivity contribution >= 4 is 5.97 Å². The molecule has 0 radical (unpaired) electrons. The smallest absolute Gasteiger partial charge is 0.307 e. The molecule has 2 aromatic rings. The summed E-state index contributed by atoms with van der Waals surface area (Å²) in [4.78, 5) is 11.1. The lowest BCUT2D eigenvalue weighted by molar-refractivity contribution is -0.277. The molecule has 0 amide bonds. The Balaban J connectivity index is 1.96. The van der Waals surface area contributed by atoms with Crippen molar-refractivity contribution in [1.82, 2.24) is 0 Å². The average Bonchev–Trinajstić information content (AvgIpc) is 2.78. The van der Waals surface area contributed by atoms with Gasteiger partial charge in [0.25, 0.3) is 0 Å². The molecule has 0 aliphatic carbocycles. The zero-order valence-electron chi connectivity index (χ0n) is 17.5. The molecule has 0 unspecified atom stereocenters. The Morgan fingerprint density at radius 1 is 1.03 bits per heavy atom. The van der Waals surface area contributed by atoms with Crippen LogP contribution in [0.15, 0.2) is 42.5 Å². The van der Waals surface area contributed by atoms with Gasteiger partial charge in [0.05, 0.1) is 13.0 Å². The number of carboxylic acids is 1. The lowest BCUT2D eigenvalue weighted by atomic mass is 9.97. The Labute approximate surface area is 185 Å². The molecular weight excluding hydrogens is 418 g/mol. The second kappa shape index (κ2) is 10.9. The van der Waals surface area contributed by atoms with E-state index >= 15 is 0 Å². The molecule has 1 heterocycles. The summed E-state index contributed by atoms with van der Waals surface area (Å²) in [5.41, 5.74) is 8.58. The van der Waals surface area contributed by atoms with E-state index in [4.69, 9.17) is 20.3 Å². The first-order chi connectivity index (χ1) is 15.3. The van der Waals surface area contributed by atoms with Crippen LogP contribution >= 0.6 is 0 Å². The van der Waals surface area contributed by atoms with Gasteiger partial charge in [-0.05, 0) is 48.2 Å². The van der Waals surface area contributed by atoms with Gasteiger partial charge >= 0.3 is 5.97 Å². The number of aliphatic hydroxyl groups is 4. The molecule has 2 aromatic carbocycles. The largest absolute Gasteiger partial charge is 0.481 e. The minimum absolute atomic E-state index is 0.135. The summed E-state index contributed by atoms with van der Waals surface area (Å²) < 4.78 is 11.4. The fourth-order valence-electron chi connectivity index (χ4n) is 3.68. The first-order valence-corrected chi connectivity index (χ1v) is 10.4. The topological polar surface area (TPSA) is 163 Å². The molecule has 174 valence electrons. The second-order valence-electron chi connectivity index (χ2n) is 7.81. The van der Waals surface area contributed by atoms with Crippen molar-refractivity contribution in [3.05, 3.63) is 53.6 Å². The molecule has 1 saturated heterocycles. The molecule has 3 rings (SSSR count). The number of ether oxygens (including phenoxy) is 2. The summed E-state index contributed by atoms with van der Waals surface area (Å²) >= 11 is 0. The molecule has 1 fully saturated rings. The number of aliphatic hydroxyl groups excluding tert-OH is 4. The quantitative estimate of drug-likeness (QED) is 0.312. The van der Waals surface area contributed by atoms with Crippen molar-refractivity contribution in [1.29, 1.82) is 0 Å². The second-order valence-corrected chi connectivity index (χ2v) is 7.81. The van der Waals surface area contributed by atoms with E-state index in [9.17, 15) is 25.2 Å². The number of nitrogens with two attached hydrogens (primary N) is 1. The molecule has 1 aliphatic heterocycles. The summed E-state index contributed by atoms with van der Waals surface area (Å²) in [6.07, 6.45) is -5.63. The van der Waals surface area contributed by atoms with E-state index in [1.807, 2.05) is 18.2 Å². The number of aryl methyl sites for hydroxylation is 1. The van der Waals surface area contributed by atoms with Crippen molar-refractivity contribution in [3.8, 4) is 16.9 Å². The highest BCUT2D eigenvalue weighted by Gasteiger charge is 2.44. The molecule has 1 aliphatic rings. The first kappa shape index (κ1) is 24.1. The van der Waals surface area contributed by atoms with Gasteiger partial charge in [-0.1, -0.05) is 30.3 Å². The van der Waals surface area contributed by atoms with Gasteiger partial charge < -0.3 is 40.7 Å². The molecule has 32 heavy (non-hydrogen) atoms. The summed E-state index contributed by atoms with van der Waals surface area (Å²) in [7, 11) is 0. The summed E-state index contributed by atoms with van der Waals surface area (Å²) in [5, 5.41) is 48.9. The number of carboxylic acid groups (broad SMARTS) is 1. The Kier molecular flexibility index (Phi) is 8.19. The van der Waals surface area contributed by atoms with E-state index in [-0.39, 0.29) is 6.42 Å². The van der Waals surface area contributed by atoms with Crippen LogP contribution in [0.5, 0.6) is 5.75 Å². The van der Waals surface area contributed by atoms with Crippen LogP contribution in [0.1, 0.15) is 17.5 Å². The normalized spacial score (nSPS) is 25.5. The summed E-state index contributed by atoms with van der Waals surface area (Å²) in [6.45, 7) is -0.0283. The van der Waals surface area contributed by atoms with E-state index in [0.29, 0.717) is 29.0 Å². The fourth-order valence-corrected chi connectivity index (χ4v) is 3.68. The molecule has 0 spiro atoms. The zero-order valence-corrected chi connectivity index (χ0v) is 17.5. The Morgan fingerprint density at radius 2 is 1.81 bits per heavy atom. The van der Waals surface area contributed by atoms with Gasteiger partial charge in [-0.15, -0.1) is 0 Å². The number of hydrogen-bond acceptors (Lipinski definition) is 8. The maximum Gasteiger partial charge on any atom is 0.307 e. The molecule has 9 nitrogen and oxygen atoms in total. The number of aliphatic carboxylic acids is 1. The third-order valence-electron chi connectivity index (χ3n) is 5.40. The van der Waals surface area contributed by atoms with Crippen molar-refractivity contribution < 1.29 is 39.8 Å². The van der Waals surface area contributed by atoms with Crippen molar-refractivity contribution in [2.45, 2.75) is 50.0 Å². The first-order valence-electron chi connectivity index (χ1n) is 10.4. The van der Waals surface area contributed by atoms with Crippen molar-refractivity contribution in [2.24, 2.45) is 5.73 Å². The molecular formula is C23H29NO8. The predicted octanol–water partition coefficient (Wildman–Crippen LogP) is 0.0507. The van der Waals surface area contributed by atoms with Gasteiger partial charge in [0.15, 0.2) is 0 Å². The van der Waals surface area contributed by atoms with E-state index in [2.05, 4.69) is 0 Å². The van der Waals surface area contributed by atoms with Crippen LogP contribution in [0, 0.1) is 0 Å². The van der Waals surface area contributed by atoms with Gasteiger partial charge in [0.2, 0.25) is 6.29 Å². The Hall–Kier alpha value is -2.53. The SMILES string of the molecule is NCCCc1ccc(O[C@H]2O[C@H](CO)[C@@H](O)[C@H](O)[C@@H]2O)c(-c2cccc(CC(=O)O)c2)c1. The fraction of sp³-hybridized carbons (Fsp3) is 0.435. The molecule has 0 bridgehead atoms. The zero-order chi connectivity index (χ0) is 23.3. The number of carbonyl (C=O) groups is 1. The molecule has 0 saturated carbocycles. The maximum atomic E-state index is 11.1. The number of rotatable bonds is 9. The third kappa shape index (κ3) is 5.63. The number of benzene rings is 2. The van der Waals surface area contributed by atoms with E-state index in [0.717, 1.165) is 18.4 Å². The van der Waals surface area contributed by atoms with E-state index in [1.165, 1.54) is 0 Å². The van der Waals surface area contributed by atoms with Crippen LogP contribution in [0.3, 0.4) is 0 Å². The monoisotopic (exact) mass is 447 g/mol. The third-order valence-corrected chi connectivity index (χ3v) is 5.40. The van der Waals surface area contributed by atoms with Crippen LogP contribution in [0.2, 0.25) is 0 Å². The maximum absolute atomic E-state index is 11.1. The molecule has 5 atom stereocenters. The minimum atomic E-state index is -1.56. The van der Waals surface area contributed by atoms with Crippen molar-refractivity contribution in [3.63, 3.8) is 0 Å². The van der Waals surface area contributed by atoms with Crippen LogP contribution in [-0.4, -0.2) is 75.4 Å². The lowest BCUT2D eigenvalue weighted by Gasteiger charge is -2.39. The van der Waals surface area contributed by atoms with Crippen LogP contribution in [0.25, 0.3) is 11.1 Å². The number of hydrogen-bond donors (Lipinski definition) is 6. The summed E-state index contributed by atoms with van der Waals surface area (Å²) in [5.74, 6) is -0.616. The van der Waals surface area contributed by atoms with Gasteiger partial charge in [-0.25, -0.2) is 0 Å². The Morgan fingerprint density at radius 3 is 2.50 bits per heavy atom. The van der Waals surface area contributed by atoms with E-state index in [1.54, 1.807) is 24.3 Å². The predicted molar refractivity (Wildman–Crippen MR) is 115 cm³/mol. The molecule has 7 N–H and O–H groups in total. The standard InChI is InChI=1S/C23H29NO8/c24-8-2-4-13-6-7-17(31-23-22(30)21(29)20(28)18(12-25)32-23)16(10-13)15-5-1-3-14(9-15)11-19(26)27/h1,3,5-7,9-10,18,20-23,25,28-30H,2,4,8,11-12,24H2,(H,26,27)/t18-,20-,21+,22+,23+/m1/s1. The van der Waals surface area contributed by atoms with Gasteiger partial charge in [0, 0.05) is 5.56 Å². The van der Waals surface area contributed by atoms with Crippen LogP contribution < -0.4 is 10.5 Å². The molecule has 0 aromatic heterocycles. The average molecular weight is 447 g/mol. The van der Waals surface area contributed by atoms with Gasteiger partial charge in [0.1, 0.15) is 30.2 Å². The Bertz CT molecular complexity index is 919. The highest BCUT2D eigenvalue weighted by molar-refractivity contribution is 5.74. The highest BCUT2D eigenvalue weighted by Crippen LogP contribution is 2.34. The van der Waals surface area contributed by atoms with Crippen LogP contribution in [0.4, 0.5) is 0 Å². The van der Waals surface area contributed by atoms with Gasteiger partial charge in [-0.3, -0.25) is 4.79 Å². The minimum Gasteiger partial charge on any atom is -0.481 e. The van der Waals surface area contributed by atoms with E-state index < -0.39 is 43.3 Å². The highest BCUT2D eigenvalue weighted by atomic mass is 16.7. The van der Waals surface area contributed by atoms with Gasteiger partial charge in [-0.2, -0.15) is 0 Å².